The highest BCUT2D eigenvalue weighted by molar-refractivity contribution is 6.01. The van der Waals surface area contributed by atoms with Gasteiger partial charge in [-0.15, -0.1) is 0 Å². The number of carbonyl (C=O) groups is 2. The number of amides is 1. The van der Waals surface area contributed by atoms with Gasteiger partial charge in [-0.05, 0) is 29.3 Å². The molecule has 0 bridgehead atoms. The number of benzene rings is 2. The number of likely N-dealkylation sites (tertiary alicyclic amines) is 1. The van der Waals surface area contributed by atoms with E-state index in [0.29, 0.717) is 18.4 Å². The number of halogens is 1. The number of hydrogen-bond acceptors (Lipinski definition) is 5. The second-order valence-corrected chi connectivity index (χ2v) is 7.84. The highest BCUT2D eigenvalue weighted by atomic mass is 19.1. The summed E-state index contributed by atoms with van der Waals surface area (Å²) in [6, 6.07) is 12.9. The Morgan fingerprint density at radius 2 is 1.97 bits per heavy atom. The van der Waals surface area contributed by atoms with Crippen LogP contribution in [0, 0.1) is 5.82 Å². The molecule has 30 heavy (non-hydrogen) atoms. The van der Waals surface area contributed by atoms with E-state index in [9.17, 15) is 14.0 Å². The van der Waals surface area contributed by atoms with Gasteiger partial charge in [0, 0.05) is 38.6 Å². The fourth-order valence-electron chi connectivity index (χ4n) is 4.11. The van der Waals surface area contributed by atoms with Crippen molar-refractivity contribution in [2.24, 2.45) is 0 Å². The lowest BCUT2D eigenvalue weighted by molar-refractivity contribution is -0.124. The van der Waals surface area contributed by atoms with E-state index < -0.39 is 17.3 Å². The molecule has 1 saturated heterocycles. The molecule has 0 aliphatic carbocycles. The Hall–Kier alpha value is -3.03. The number of fused-ring (bicyclic) bond motifs is 1. The first-order valence-electron chi connectivity index (χ1n) is 9.92. The Labute approximate surface area is 173 Å². The smallest absolute Gasteiger partial charge is 0.267 e. The number of rotatable bonds is 4. The topological polar surface area (TPSA) is 78.9 Å². The van der Waals surface area contributed by atoms with E-state index in [4.69, 9.17) is 9.94 Å². The van der Waals surface area contributed by atoms with Gasteiger partial charge in [0.05, 0.1) is 12.0 Å². The summed E-state index contributed by atoms with van der Waals surface area (Å²) in [5, 5.41) is 8.54. The minimum atomic E-state index is -0.739. The van der Waals surface area contributed by atoms with Crippen LogP contribution in [0.5, 0.6) is 5.75 Å². The van der Waals surface area contributed by atoms with Gasteiger partial charge < -0.3 is 4.74 Å². The summed E-state index contributed by atoms with van der Waals surface area (Å²) in [5.74, 6) is -1.53. The van der Waals surface area contributed by atoms with Gasteiger partial charge in [-0.1, -0.05) is 30.3 Å². The molecule has 2 heterocycles. The first-order chi connectivity index (χ1) is 14.5. The van der Waals surface area contributed by atoms with Crippen LogP contribution in [-0.2, 0) is 11.3 Å². The second kappa shape index (κ2) is 8.38. The molecular weight excluding hydrogens is 387 g/mol. The number of nitrogens with zero attached hydrogens (tertiary/aromatic N) is 1. The molecule has 156 valence electrons. The van der Waals surface area contributed by atoms with Crippen LogP contribution in [0.2, 0.25) is 0 Å². The number of hydrogen-bond donors (Lipinski definition) is 2. The summed E-state index contributed by atoms with van der Waals surface area (Å²) < 4.78 is 20.8. The summed E-state index contributed by atoms with van der Waals surface area (Å²) in [6.45, 7) is 2.39. The minimum Gasteiger partial charge on any atom is -0.483 e. The number of Topliss-reactive ketones (excluding diaryl/α,β-unsaturated/α-hetero) is 1. The maximum absolute atomic E-state index is 14.7. The van der Waals surface area contributed by atoms with Crippen molar-refractivity contribution in [2.45, 2.75) is 31.4 Å². The predicted octanol–water partition coefficient (Wildman–Crippen LogP) is 3.34. The van der Waals surface area contributed by atoms with Crippen molar-refractivity contribution in [3.05, 3.63) is 71.0 Å². The highest BCUT2D eigenvalue weighted by Crippen LogP contribution is 2.41. The van der Waals surface area contributed by atoms with Gasteiger partial charge in [0.15, 0.2) is 17.3 Å². The lowest BCUT2D eigenvalue weighted by atomic mass is 9.82. The second-order valence-electron chi connectivity index (χ2n) is 7.84. The van der Waals surface area contributed by atoms with Gasteiger partial charge in [0.2, 0.25) is 0 Å². The zero-order valence-electron chi connectivity index (χ0n) is 16.4. The van der Waals surface area contributed by atoms with Crippen LogP contribution in [0.15, 0.2) is 48.5 Å². The molecule has 0 aromatic heterocycles. The first-order valence-corrected chi connectivity index (χ1v) is 9.92. The molecule has 4 rings (SSSR count). The number of ether oxygens (including phenoxy) is 1. The van der Waals surface area contributed by atoms with Crippen molar-refractivity contribution in [1.29, 1.82) is 0 Å². The lowest BCUT2D eigenvalue weighted by Gasteiger charge is -2.44. The third-order valence-corrected chi connectivity index (χ3v) is 5.72. The predicted molar refractivity (Wildman–Crippen MR) is 109 cm³/mol. The van der Waals surface area contributed by atoms with Crippen LogP contribution in [-0.4, -0.2) is 40.5 Å². The van der Waals surface area contributed by atoms with E-state index >= 15 is 0 Å². The summed E-state index contributed by atoms with van der Waals surface area (Å²) in [4.78, 5) is 26.3. The van der Waals surface area contributed by atoms with Crippen LogP contribution >= 0.6 is 0 Å². The van der Waals surface area contributed by atoms with E-state index in [-0.39, 0.29) is 23.5 Å². The van der Waals surface area contributed by atoms with Crippen molar-refractivity contribution in [3.63, 3.8) is 0 Å². The molecule has 2 aliphatic rings. The molecule has 7 heteroatoms. The van der Waals surface area contributed by atoms with E-state index in [1.807, 2.05) is 18.2 Å². The number of piperidine rings is 1. The van der Waals surface area contributed by atoms with Crippen LogP contribution in [0.25, 0.3) is 6.08 Å². The van der Waals surface area contributed by atoms with Crippen LogP contribution in [0.3, 0.4) is 0 Å². The Balaban J connectivity index is 1.48. The van der Waals surface area contributed by atoms with Crippen LogP contribution < -0.4 is 10.2 Å². The molecule has 6 nitrogen and oxygen atoms in total. The molecule has 2 N–H and O–H groups in total. The SMILES string of the molecule is O=C(C=Cc1cc(F)c2c(c1)C(=O)CC1(CCN(Cc3ccccc3)CC1)O2)NO. The molecule has 1 spiro atoms. The highest BCUT2D eigenvalue weighted by Gasteiger charge is 2.44. The third kappa shape index (κ3) is 4.27. The van der Waals surface area contributed by atoms with E-state index in [1.54, 1.807) is 0 Å². The third-order valence-electron chi connectivity index (χ3n) is 5.72. The quantitative estimate of drug-likeness (QED) is 0.459. The molecule has 2 aliphatic heterocycles. The summed E-state index contributed by atoms with van der Waals surface area (Å²) in [6.07, 6.45) is 3.91. The van der Waals surface area contributed by atoms with Gasteiger partial charge in [0.25, 0.3) is 5.91 Å². The Morgan fingerprint density at radius 3 is 2.67 bits per heavy atom. The molecule has 1 amide bonds. The number of nitrogens with one attached hydrogen (secondary N) is 1. The monoisotopic (exact) mass is 410 g/mol. The standard InChI is InChI=1S/C23H23FN2O4/c24-19-13-17(6-7-21(28)25-29)12-18-20(27)14-23(30-22(18)19)8-10-26(11-9-23)15-16-4-2-1-3-5-16/h1-7,12-13,29H,8-11,14-15H2,(H,25,28). The summed E-state index contributed by atoms with van der Waals surface area (Å²) in [5.41, 5.74) is 2.56. The van der Waals surface area contributed by atoms with Crippen molar-refractivity contribution in [3.8, 4) is 5.75 Å². The normalized spacial score (nSPS) is 18.3. The Bertz CT molecular complexity index is 982. The molecule has 0 radical (unpaired) electrons. The van der Waals surface area contributed by atoms with Crippen LogP contribution in [0.1, 0.15) is 40.7 Å². The van der Waals surface area contributed by atoms with E-state index in [1.165, 1.54) is 29.3 Å². The van der Waals surface area contributed by atoms with E-state index in [0.717, 1.165) is 25.7 Å². The fourth-order valence-corrected chi connectivity index (χ4v) is 4.11. The van der Waals surface area contributed by atoms with Gasteiger partial charge in [-0.2, -0.15) is 0 Å². The summed E-state index contributed by atoms with van der Waals surface area (Å²) in [7, 11) is 0. The maximum Gasteiger partial charge on any atom is 0.267 e. The zero-order valence-corrected chi connectivity index (χ0v) is 16.4. The van der Waals surface area contributed by atoms with Crippen molar-refractivity contribution < 1.29 is 23.9 Å². The van der Waals surface area contributed by atoms with Crippen molar-refractivity contribution >= 4 is 17.8 Å². The molecule has 0 unspecified atom stereocenters. The van der Waals surface area contributed by atoms with Crippen molar-refractivity contribution in [1.82, 2.24) is 10.4 Å². The summed E-state index contributed by atoms with van der Waals surface area (Å²) >= 11 is 0. The van der Waals surface area contributed by atoms with Crippen LogP contribution in [0.4, 0.5) is 4.39 Å². The zero-order chi connectivity index (χ0) is 21.1. The Kier molecular flexibility index (Phi) is 5.65. The van der Waals surface area contributed by atoms with Crippen molar-refractivity contribution in [2.75, 3.05) is 13.1 Å². The van der Waals surface area contributed by atoms with Gasteiger partial charge in [-0.3, -0.25) is 19.7 Å². The largest absolute Gasteiger partial charge is 0.483 e. The molecule has 2 aromatic carbocycles. The van der Waals surface area contributed by atoms with Gasteiger partial charge >= 0.3 is 0 Å². The molecule has 2 aromatic rings. The average molecular weight is 410 g/mol. The number of carbonyl (C=O) groups excluding carboxylic acids is 2. The van der Waals surface area contributed by atoms with E-state index in [2.05, 4.69) is 17.0 Å². The van der Waals surface area contributed by atoms with Gasteiger partial charge in [-0.25, -0.2) is 9.87 Å². The molecule has 0 atom stereocenters. The Morgan fingerprint density at radius 1 is 1.23 bits per heavy atom. The molecule has 1 fully saturated rings. The lowest BCUT2D eigenvalue weighted by Crippen LogP contribution is -2.51. The number of hydroxylamine groups is 1. The van der Waals surface area contributed by atoms with Gasteiger partial charge in [0.1, 0.15) is 5.60 Å². The maximum atomic E-state index is 14.7. The first kappa shape index (κ1) is 20.3. The molecular formula is C23H23FN2O4. The molecule has 0 saturated carbocycles. The fraction of sp³-hybridized carbons (Fsp3) is 0.304. The number of ketones is 1. The average Bonchev–Trinajstić information content (AvgIpc) is 2.75. The minimum absolute atomic E-state index is 0.00785.